The second kappa shape index (κ2) is 10.8. The van der Waals surface area contributed by atoms with Crippen molar-refractivity contribution in [1.82, 2.24) is 9.80 Å². The standard InChI is InChI=1S/C23H29FN2O3/c1-28-20-11-9-19(10-12-20)5-4-8-23(27)26-15-13-25(14-16-26)17-18-29-22-7-3-2-6-21(22)24/h2-3,6-7,9-12H,4-5,8,13-18H2,1H3. The van der Waals surface area contributed by atoms with Crippen molar-refractivity contribution in [3.05, 3.63) is 59.9 Å². The number of methoxy groups -OCH3 is 1. The summed E-state index contributed by atoms with van der Waals surface area (Å²) in [6, 6.07) is 14.4. The van der Waals surface area contributed by atoms with Gasteiger partial charge in [0, 0.05) is 39.1 Å². The highest BCUT2D eigenvalue weighted by atomic mass is 19.1. The Labute approximate surface area is 172 Å². The van der Waals surface area contributed by atoms with Gasteiger partial charge in [-0.1, -0.05) is 24.3 Å². The SMILES string of the molecule is COc1ccc(CCCC(=O)N2CCN(CCOc3ccccc3F)CC2)cc1. The van der Waals surface area contributed by atoms with Gasteiger partial charge in [-0.05, 0) is 42.7 Å². The second-order valence-electron chi connectivity index (χ2n) is 7.20. The Balaban J connectivity index is 1.31. The molecule has 2 aromatic carbocycles. The van der Waals surface area contributed by atoms with E-state index in [1.807, 2.05) is 29.2 Å². The molecule has 1 fully saturated rings. The number of hydrogen-bond donors (Lipinski definition) is 0. The van der Waals surface area contributed by atoms with Crippen molar-refractivity contribution in [2.24, 2.45) is 0 Å². The van der Waals surface area contributed by atoms with Crippen molar-refractivity contribution in [3.8, 4) is 11.5 Å². The summed E-state index contributed by atoms with van der Waals surface area (Å²) in [6.45, 7) is 4.29. The fourth-order valence-electron chi connectivity index (χ4n) is 3.46. The van der Waals surface area contributed by atoms with Crippen LogP contribution in [0.15, 0.2) is 48.5 Å². The van der Waals surface area contributed by atoms with Gasteiger partial charge < -0.3 is 14.4 Å². The zero-order valence-corrected chi connectivity index (χ0v) is 17.0. The molecule has 0 radical (unpaired) electrons. The number of carbonyl (C=O) groups is 1. The fraction of sp³-hybridized carbons (Fsp3) is 0.435. The Hall–Kier alpha value is -2.60. The molecule has 0 bridgehead atoms. The lowest BCUT2D eigenvalue weighted by Crippen LogP contribution is -2.49. The first kappa shape index (κ1) is 21.1. The second-order valence-corrected chi connectivity index (χ2v) is 7.20. The van der Waals surface area contributed by atoms with Gasteiger partial charge >= 0.3 is 0 Å². The van der Waals surface area contributed by atoms with E-state index in [1.165, 1.54) is 11.6 Å². The van der Waals surface area contributed by atoms with Gasteiger partial charge in [-0.25, -0.2) is 4.39 Å². The highest BCUT2D eigenvalue weighted by Crippen LogP contribution is 2.16. The van der Waals surface area contributed by atoms with E-state index in [-0.39, 0.29) is 17.5 Å². The first-order valence-corrected chi connectivity index (χ1v) is 10.2. The summed E-state index contributed by atoms with van der Waals surface area (Å²) in [6.07, 6.45) is 2.31. The highest BCUT2D eigenvalue weighted by Gasteiger charge is 2.20. The van der Waals surface area contributed by atoms with Gasteiger partial charge in [0.25, 0.3) is 0 Å². The summed E-state index contributed by atoms with van der Waals surface area (Å²) in [5.41, 5.74) is 1.22. The lowest BCUT2D eigenvalue weighted by molar-refractivity contribution is -0.133. The van der Waals surface area contributed by atoms with Crippen LogP contribution in [-0.2, 0) is 11.2 Å². The maximum absolute atomic E-state index is 13.6. The Morgan fingerprint density at radius 1 is 1.03 bits per heavy atom. The third-order valence-corrected chi connectivity index (χ3v) is 5.24. The van der Waals surface area contributed by atoms with E-state index < -0.39 is 0 Å². The molecule has 0 spiro atoms. The summed E-state index contributed by atoms with van der Waals surface area (Å²) in [5.74, 6) is 1.03. The molecular weight excluding hydrogens is 371 g/mol. The molecule has 0 unspecified atom stereocenters. The number of benzene rings is 2. The van der Waals surface area contributed by atoms with Crippen molar-refractivity contribution in [3.63, 3.8) is 0 Å². The quantitative estimate of drug-likeness (QED) is 0.647. The third-order valence-electron chi connectivity index (χ3n) is 5.24. The molecule has 0 aromatic heterocycles. The fourth-order valence-corrected chi connectivity index (χ4v) is 3.46. The summed E-state index contributed by atoms with van der Waals surface area (Å²) in [5, 5.41) is 0. The summed E-state index contributed by atoms with van der Waals surface area (Å²) in [4.78, 5) is 16.7. The van der Waals surface area contributed by atoms with Crippen LogP contribution in [0.25, 0.3) is 0 Å². The minimum absolute atomic E-state index is 0.223. The van der Waals surface area contributed by atoms with Gasteiger partial charge in [0.15, 0.2) is 11.6 Å². The average Bonchev–Trinajstić information content (AvgIpc) is 2.76. The summed E-state index contributed by atoms with van der Waals surface area (Å²) >= 11 is 0. The number of rotatable bonds is 9. The molecule has 1 heterocycles. The molecule has 0 atom stereocenters. The number of nitrogens with zero attached hydrogens (tertiary/aromatic N) is 2. The first-order valence-electron chi connectivity index (χ1n) is 10.2. The average molecular weight is 400 g/mol. The number of amides is 1. The zero-order chi connectivity index (χ0) is 20.5. The van der Waals surface area contributed by atoms with E-state index in [0.29, 0.717) is 13.0 Å². The topological polar surface area (TPSA) is 42.0 Å². The molecule has 0 N–H and O–H groups in total. The minimum Gasteiger partial charge on any atom is -0.497 e. The molecular formula is C23H29FN2O3. The van der Waals surface area contributed by atoms with Crippen LogP contribution in [0.5, 0.6) is 11.5 Å². The smallest absolute Gasteiger partial charge is 0.222 e. The van der Waals surface area contributed by atoms with E-state index in [1.54, 1.807) is 25.3 Å². The van der Waals surface area contributed by atoms with E-state index in [4.69, 9.17) is 9.47 Å². The number of aryl methyl sites for hydroxylation is 1. The Bertz CT molecular complexity index is 774. The number of para-hydroxylation sites is 1. The van der Waals surface area contributed by atoms with Crippen LogP contribution < -0.4 is 9.47 Å². The number of ether oxygens (including phenoxy) is 2. The van der Waals surface area contributed by atoms with Crippen molar-refractivity contribution in [2.75, 3.05) is 46.4 Å². The van der Waals surface area contributed by atoms with Gasteiger partial charge in [0.2, 0.25) is 5.91 Å². The van der Waals surface area contributed by atoms with Crippen molar-refractivity contribution >= 4 is 5.91 Å². The lowest BCUT2D eigenvalue weighted by atomic mass is 10.1. The van der Waals surface area contributed by atoms with Gasteiger partial charge in [-0.2, -0.15) is 0 Å². The van der Waals surface area contributed by atoms with Crippen molar-refractivity contribution < 1.29 is 18.7 Å². The largest absolute Gasteiger partial charge is 0.497 e. The van der Waals surface area contributed by atoms with Gasteiger partial charge in [-0.15, -0.1) is 0 Å². The van der Waals surface area contributed by atoms with Gasteiger partial charge in [0.1, 0.15) is 12.4 Å². The predicted molar refractivity (Wildman–Crippen MR) is 111 cm³/mol. The molecule has 6 heteroatoms. The molecule has 5 nitrogen and oxygen atoms in total. The monoisotopic (exact) mass is 400 g/mol. The summed E-state index contributed by atoms with van der Waals surface area (Å²) in [7, 11) is 1.66. The third kappa shape index (κ3) is 6.46. The maximum atomic E-state index is 13.6. The summed E-state index contributed by atoms with van der Waals surface area (Å²) < 4.78 is 24.2. The number of carbonyl (C=O) groups excluding carboxylic acids is 1. The van der Waals surface area contributed by atoms with Crippen molar-refractivity contribution in [1.29, 1.82) is 0 Å². The van der Waals surface area contributed by atoms with Crippen LogP contribution in [0.2, 0.25) is 0 Å². The predicted octanol–water partition coefficient (Wildman–Crippen LogP) is 3.38. The first-order chi connectivity index (χ1) is 14.2. The number of piperazine rings is 1. The van der Waals surface area contributed by atoms with Crippen molar-refractivity contribution in [2.45, 2.75) is 19.3 Å². The van der Waals surface area contributed by atoms with Crippen LogP contribution in [0.3, 0.4) is 0 Å². The lowest BCUT2D eigenvalue weighted by Gasteiger charge is -2.34. The van der Waals surface area contributed by atoms with Crippen LogP contribution in [0.4, 0.5) is 4.39 Å². The Morgan fingerprint density at radius 3 is 2.45 bits per heavy atom. The molecule has 0 aliphatic carbocycles. The molecule has 156 valence electrons. The molecule has 29 heavy (non-hydrogen) atoms. The molecule has 0 saturated carbocycles. The van der Waals surface area contributed by atoms with Crippen LogP contribution in [0, 0.1) is 5.82 Å². The molecule has 1 aliphatic rings. The number of hydrogen-bond acceptors (Lipinski definition) is 4. The number of halogens is 1. The molecule has 1 saturated heterocycles. The van der Waals surface area contributed by atoms with Crippen LogP contribution in [-0.4, -0.2) is 62.1 Å². The highest BCUT2D eigenvalue weighted by molar-refractivity contribution is 5.76. The molecule has 1 aliphatic heterocycles. The zero-order valence-electron chi connectivity index (χ0n) is 17.0. The van der Waals surface area contributed by atoms with Gasteiger partial charge in [0.05, 0.1) is 7.11 Å². The molecule has 1 amide bonds. The normalized spacial score (nSPS) is 14.6. The molecule has 3 rings (SSSR count). The molecule has 2 aromatic rings. The van der Waals surface area contributed by atoms with Crippen LogP contribution >= 0.6 is 0 Å². The van der Waals surface area contributed by atoms with E-state index in [2.05, 4.69) is 4.90 Å². The van der Waals surface area contributed by atoms with Crippen LogP contribution in [0.1, 0.15) is 18.4 Å². The Kier molecular flexibility index (Phi) is 7.87. The van der Waals surface area contributed by atoms with E-state index in [0.717, 1.165) is 51.3 Å². The van der Waals surface area contributed by atoms with Gasteiger partial charge in [-0.3, -0.25) is 9.69 Å². The minimum atomic E-state index is -0.336. The van der Waals surface area contributed by atoms with E-state index >= 15 is 0 Å². The maximum Gasteiger partial charge on any atom is 0.222 e. The van der Waals surface area contributed by atoms with E-state index in [9.17, 15) is 9.18 Å². The Morgan fingerprint density at radius 2 is 1.76 bits per heavy atom.